The van der Waals surface area contributed by atoms with Crippen LogP contribution in [0.4, 0.5) is 0 Å². The fourth-order valence-electron chi connectivity index (χ4n) is 3.31. The standard InChI is InChI=1S/C14H23N3S2/c1-2-3-4-5-8-18-14-13(15-19-16-14)12-10-17-7-6-11(12)9-17/h11-12H,2-10H2,1H3/t11?,12-/m0/s1. The normalized spacial score (nSPS) is 29.2. The van der Waals surface area contributed by atoms with Gasteiger partial charge in [-0.05, 0) is 31.1 Å². The lowest BCUT2D eigenvalue weighted by molar-refractivity contribution is 0.342. The topological polar surface area (TPSA) is 29.0 Å². The van der Waals surface area contributed by atoms with Crippen molar-refractivity contribution < 1.29 is 0 Å². The second-order valence-electron chi connectivity index (χ2n) is 5.78. The first-order chi connectivity index (χ1) is 9.38. The van der Waals surface area contributed by atoms with Crippen molar-refractivity contribution >= 4 is 23.5 Å². The fourth-order valence-corrected chi connectivity index (χ4v) is 5.08. The molecule has 2 aliphatic rings. The second-order valence-corrected chi connectivity index (χ2v) is 7.39. The number of nitrogens with zero attached hydrogens (tertiary/aromatic N) is 3. The third-order valence-corrected chi connectivity index (χ3v) is 6.13. The van der Waals surface area contributed by atoms with Crippen molar-refractivity contribution in [2.75, 3.05) is 25.4 Å². The highest BCUT2D eigenvalue weighted by Crippen LogP contribution is 2.42. The minimum absolute atomic E-state index is 0.672. The third-order valence-electron chi connectivity index (χ3n) is 4.40. The lowest BCUT2D eigenvalue weighted by atomic mass is 9.90. The summed E-state index contributed by atoms with van der Waals surface area (Å²) in [7, 11) is 0. The molecule has 1 aromatic rings. The molecule has 3 atom stereocenters. The smallest absolute Gasteiger partial charge is 0.134 e. The van der Waals surface area contributed by atoms with Gasteiger partial charge < -0.3 is 4.90 Å². The Balaban J connectivity index is 1.54. The predicted octanol–water partition coefficient (Wildman–Crippen LogP) is 3.63. The minimum Gasteiger partial charge on any atom is -0.302 e. The summed E-state index contributed by atoms with van der Waals surface area (Å²) in [5, 5.41) is 1.24. The molecule has 3 rings (SSSR count). The predicted molar refractivity (Wildman–Crippen MR) is 82.1 cm³/mol. The molecule has 1 aromatic heterocycles. The van der Waals surface area contributed by atoms with Crippen molar-refractivity contribution in [2.24, 2.45) is 5.92 Å². The zero-order chi connectivity index (χ0) is 13.1. The van der Waals surface area contributed by atoms with Crippen LogP contribution in [0.15, 0.2) is 5.03 Å². The second kappa shape index (κ2) is 6.55. The Bertz CT molecular complexity index is 407. The summed E-state index contributed by atoms with van der Waals surface area (Å²) in [5.41, 5.74) is 1.32. The van der Waals surface area contributed by atoms with E-state index in [2.05, 4.69) is 20.6 Å². The average Bonchev–Trinajstić information content (AvgIpc) is 3.14. The van der Waals surface area contributed by atoms with Crippen molar-refractivity contribution in [2.45, 2.75) is 50.0 Å². The molecule has 19 heavy (non-hydrogen) atoms. The van der Waals surface area contributed by atoms with Crippen LogP contribution in [0, 0.1) is 5.92 Å². The molecule has 3 nitrogen and oxygen atoms in total. The molecule has 0 N–H and O–H groups in total. The number of rotatable bonds is 7. The lowest BCUT2D eigenvalue weighted by Crippen LogP contribution is -2.22. The summed E-state index contributed by atoms with van der Waals surface area (Å²) >= 11 is 3.35. The highest BCUT2D eigenvalue weighted by molar-refractivity contribution is 7.99. The third kappa shape index (κ3) is 3.14. The monoisotopic (exact) mass is 297 g/mol. The zero-order valence-corrected chi connectivity index (χ0v) is 13.3. The van der Waals surface area contributed by atoms with Gasteiger partial charge >= 0.3 is 0 Å². The number of hydrogen-bond donors (Lipinski definition) is 0. The Morgan fingerprint density at radius 1 is 1.26 bits per heavy atom. The summed E-state index contributed by atoms with van der Waals surface area (Å²) in [6.45, 7) is 6.08. The van der Waals surface area contributed by atoms with E-state index in [1.54, 1.807) is 0 Å². The lowest BCUT2D eigenvalue weighted by Gasteiger charge is -2.20. The maximum atomic E-state index is 4.62. The van der Waals surface area contributed by atoms with E-state index in [9.17, 15) is 0 Å². The molecule has 0 spiro atoms. The molecule has 2 fully saturated rings. The number of piperidine rings is 1. The Morgan fingerprint density at radius 3 is 2.95 bits per heavy atom. The van der Waals surface area contributed by atoms with Crippen LogP contribution in [0.5, 0.6) is 0 Å². The average molecular weight is 297 g/mol. The van der Waals surface area contributed by atoms with Crippen LogP contribution in [0.2, 0.25) is 0 Å². The van der Waals surface area contributed by atoms with E-state index >= 15 is 0 Å². The van der Waals surface area contributed by atoms with Crippen molar-refractivity contribution in [3.05, 3.63) is 5.69 Å². The Labute approximate surface area is 124 Å². The van der Waals surface area contributed by atoms with Crippen molar-refractivity contribution in [1.82, 2.24) is 13.6 Å². The molecule has 2 aliphatic heterocycles. The van der Waals surface area contributed by atoms with E-state index in [0.29, 0.717) is 5.92 Å². The van der Waals surface area contributed by atoms with Crippen LogP contribution < -0.4 is 0 Å². The molecule has 106 valence electrons. The van der Waals surface area contributed by atoms with E-state index in [0.717, 1.165) is 5.92 Å². The van der Waals surface area contributed by atoms with Crippen LogP contribution >= 0.6 is 23.5 Å². The number of hydrogen-bond acceptors (Lipinski definition) is 5. The first kappa shape index (κ1) is 13.8. The van der Waals surface area contributed by atoms with Gasteiger partial charge in [0.05, 0.1) is 17.4 Å². The van der Waals surface area contributed by atoms with Crippen LogP contribution in [0.1, 0.15) is 50.6 Å². The van der Waals surface area contributed by atoms with E-state index < -0.39 is 0 Å². The molecule has 0 radical (unpaired) electrons. The van der Waals surface area contributed by atoms with Crippen LogP contribution in [0.25, 0.3) is 0 Å². The number of aromatic nitrogens is 2. The van der Waals surface area contributed by atoms with E-state index in [1.165, 1.54) is 79.9 Å². The molecule has 2 unspecified atom stereocenters. The summed E-state index contributed by atoms with van der Waals surface area (Å²) < 4.78 is 9.15. The van der Waals surface area contributed by atoms with Crippen molar-refractivity contribution in [3.63, 3.8) is 0 Å². The van der Waals surface area contributed by atoms with Gasteiger partial charge in [-0.1, -0.05) is 26.2 Å². The molecular formula is C14H23N3S2. The largest absolute Gasteiger partial charge is 0.302 e. The molecular weight excluding hydrogens is 274 g/mol. The van der Waals surface area contributed by atoms with Gasteiger partial charge in [0.2, 0.25) is 0 Å². The highest BCUT2D eigenvalue weighted by atomic mass is 32.2. The van der Waals surface area contributed by atoms with Crippen LogP contribution in [-0.2, 0) is 0 Å². The van der Waals surface area contributed by atoms with E-state index in [-0.39, 0.29) is 0 Å². The zero-order valence-electron chi connectivity index (χ0n) is 11.7. The summed E-state index contributed by atoms with van der Waals surface area (Å²) in [6.07, 6.45) is 6.71. The van der Waals surface area contributed by atoms with Gasteiger partial charge in [0, 0.05) is 19.0 Å². The van der Waals surface area contributed by atoms with Crippen molar-refractivity contribution in [1.29, 1.82) is 0 Å². The SMILES string of the molecule is CCCCCCSc1nsnc1[C@H]1CN2CCC1C2. The maximum Gasteiger partial charge on any atom is 0.134 e. The first-order valence-corrected chi connectivity index (χ1v) is 9.27. The fraction of sp³-hybridized carbons (Fsp3) is 0.857. The molecule has 0 aromatic carbocycles. The molecule has 3 heterocycles. The Morgan fingerprint density at radius 2 is 2.21 bits per heavy atom. The first-order valence-electron chi connectivity index (χ1n) is 7.56. The molecule has 0 saturated carbocycles. The molecule has 2 saturated heterocycles. The molecule has 5 heteroatoms. The summed E-state index contributed by atoms with van der Waals surface area (Å²) in [5.74, 6) is 2.73. The van der Waals surface area contributed by atoms with Crippen LogP contribution in [0.3, 0.4) is 0 Å². The van der Waals surface area contributed by atoms with Gasteiger partial charge in [-0.3, -0.25) is 0 Å². The Hall–Kier alpha value is -0.130. The van der Waals surface area contributed by atoms with Gasteiger partial charge in [-0.15, -0.1) is 11.8 Å². The van der Waals surface area contributed by atoms with E-state index in [1.807, 2.05) is 11.8 Å². The highest BCUT2D eigenvalue weighted by Gasteiger charge is 2.41. The minimum atomic E-state index is 0.672. The maximum absolute atomic E-state index is 4.62. The van der Waals surface area contributed by atoms with Gasteiger partial charge in [0.15, 0.2) is 0 Å². The van der Waals surface area contributed by atoms with E-state index in [4.69, 9.17) is 0 Å². The molecule has 2 bridgehead atoms. The number of thioether (sulfide) groups is 1. The molecule has 0 amide bonds. The Kier molecular flexibility index (Phi) is 4.77. The van der Waals surface area contributed by atoms with Gasteiger partial charge in [0.25, 0.3) is 0 Å². The van der Waals surface area contributed by atoms with Crippen LogP contribution in [-0.4, -0.2) is 39.0 Å². The number of unbranched alkanes of at least 4 members (excludes halogenated alkanes) is 3. The van der Waals surface area contributed by atoms with Gasteiger partial charge in [-0.2, -0.15) is 8.75 Å². The quantitative estimate of drug-likeness (QED) is 0.568. The summed E-state index contributed by atoms with van der Waals surface area (Å²) in [4.78, 5) is 2.59. The van der Waals surface area contributed by atoms with Gasteiger partial charge in [0.1, 0.15) is 5.03 Å². The molecule has 0 aliphatic carbocycles. The number of fused-ring (bicyclic) bond motifs is 2. The summed E-state index contributed by atoms with van der Waals surface area (Å²) in [6, 6.07) is 0. The van der Waals surface area contributed by atoms with Crippen molar-refractivity contribution in [3.8, 4) is 0 Å². The van der Waals surface area contributed by atoms with Gasteiger partial charge in [-0.25, -0.2) is 0 Å².